The Balaban J connectivity index is 2.10. The molecule has 1 saturated carbocycles. The fourth-order valence-electron chi connectivity index (χ4n) is 3.55. The van der Waals surface area contributed by atoms with E-state index in [1.165, 1.54) is 17.4 Å². The second-order valence-electron chi connectivity index (χ2n) is 5.08. The summed E-state index contributed by atoms with van der Waals surface area (Å²) in [5.41, 5.74) is -0.343. The second kappa shape index (κ2) is 2.42. The Kier molecular flexibility index (Phi) is 1.30. The molecule has 1 fully saturated rings. The monoisotopic (exact) mass is 219 g/mol. The molecule has 0 amide bonds. The zero-order valence-corrected chi connectivity index (χ0v) is 9.04. The topological polar surface area (TPSA) is 48.9 Å². The van der Waals surface area contributed by atoms with E-state index in [1.54, 1.807) is 16.4 Å². The summed E-state index contributed by atoms with van der Waals surface area (Å²) in [6.45, 7) is 0. The quantitative estimate of drug-likeness (QED) is 0.578. The van der Waals surface area contributed by atoms with Gasteiger partial charge in [0.25, 0.3) is 0 Å². The lowest BCUT2D eigenvalue weighted by molar-refractivity contribution is 0.0154. The van der Waals surface area contributed by atoms with Crippen molar-refractivity contribution in [2.45, 2.75) is 24.9 Å². The molecule has 2 bridgehead atoms. The highest BCUT2D eigenvalue weighted by molar-refractivity contribution is 5.17. The Labute approximate surface area is 91.6 Å². The summed E-state index contributed by atoms with van der Waals surface area (Å²) in [6.07, 6.45) is 6.58. The average molecular weight is 219 g/mol. The smallest absolute Gasteiger partial charge is 0.246 e. The predicted octanol–water partition coefficient (Wildman–Crippen LogP) is 0.0403. The summed E-state index contributed by atoms with van der Waals surface area (Å²) in [5, 5.41) is 0. The molecule has 0 unspecified atom stereocenters. The Bertz CT molecular complexity index is 567. The lowest BCUT2D eigenvalue weighted by Crippen LogP contribution is -2.52. The summed E-state index contributed by atoms with van der Waals surface area (Å²) in [4.78, 5) is 23.9. The van der Waals surface area contributed by atoms with E-state index in [0.29, 0.717) is 11.8 Å². The van der Waals surface area contributed by atoms with Gasteiger partial charge in [0.1, 0.15) is 0 Å². The summed E-state index contributed by atoms with van der Waals surface area (Å²) >= 11 is 0. The zero-order valence-electron chi connectivity index (χ0n) is 9.04. The van der Waals surface area contributed by atoms with Gasteiger partial charge in [-0.1, -0.05) is 12.2 Å². The molecule has 1 aromatic rings. The minimum absolute atomic E-state index is 0.116. The van der Waals surface area contributed by atoms with E-state index in [4.69, 9.17) is 0 Å². The van der Waals surface area contributed by atoms with Gasteiger partial charge in [-0.3, -0.25) is 0 Å². The van der Waals surface area contributed by atoms with Crippen molar-refractivity contribution in [3.63, 3.8) is 0 Å². The van der Waals surface area contributed by atoms with Crippen LogP contribution in [0.2, 0.25) is 0 Å². The summed E-state index contributed by atoms with van der Waals surface area (Å²) in [6, 6.07) is 0.232. The van der Waals surface area contributed by atoms with Gasteiger partial charge in [0.05, 0.1) is 12.1 Å². The molecule has 5 nitrogen and oxygen atoms in total. The molecule has 84 valence electrons. The highest BCUT2D eigenvalue weighted by Gasteiger charge is 2.50. The number of nitrogens with zero attached hydrogens (tertiary/aromatic N) is 3. The zero-order chi connectivity index (χ0) is 11.0. The number of hydrogen-bond donors (Lipinski definition) is 0. The van der Waals surface area contributed by atoms with Crippen LogP contribution in [0.4, 0.5) is 0 Å². The SMILES string of the molecule is Cn1c(=O)n2n(c1=O)[C@H]1C=C[C@H]2[C@@H]2CC[C@H]21. The molecule has 1 aromatic heterocycles. The number of rotatable bonds is 0. The van der Waals surface area contributed by atoms with Crippen LogP contribution in [0, 0.1) is 11.8 Å². The first-order valence-electron chi connectivity index (χ1n) is 5.78. The maximum absolute atomic E-state index is 12.0. The number of aromatic nitrogens is 3. The van der Waals surface area contributed by atoms with E-state index in [9.17, 15) is 9.59 Å². The molecule has 5 rings (SSSR count). The van der Waals surface area contributed by atoms with Crippen molar-refractivity contribution in [1.82, 2.24) is 13.9 Å². The first kappa shape index (κ1) is 8.61. The van der Waals surface area contributed by atoms with Gasteiger partial charge in [0.2, 0.25) is 0 Å². The van der Waals surface area contributed by atoms with Crippen molar-refractivity contribution < 1.29 is 0 Å². The Hall–Kier alpha value is -1.52. The van der Waals surface area contributed by atoms with Crippen LogP contribution in [0.25, 0.3) is 0 Å². The van der Waals surface area contributed by atoms with Crippen molar-refractivity contribution in [1.29, 1.82) is 0 Å². The molecule has 0 N–H and O–H groups in total. The van der Waals surface area contributed by atoms with Crippen molar-refractivity contribution in [2.75, 3.05) is 0 Å². The van der Waals surface area contributed by atoms with E-state index in [1.807, 2.05) is 0 Å². The first-order chi connectivity index (χ1) is 7.70. The Morgan fingerprint density at radius 3 is 1.81 bits per heavy atom. The maximum atomic E-state index is 12.0. The molecule has 16 heavy (non-hydrogen) atoms. The predicted molar refractivity (Wildman–Crippen MR) is 57.4 cm³/mol. The van der Waals surface area contributed by atoms with Gasteiger partial charge in [-0.2, -0.15) is 0 Å². The Morgan fingerprint density at radius 2 is 1.44 bits per heavy atom. The minimum atomic E-state index is -0.172. The normalized spacial score (nSPS) is 38.1. The van der Waals surface area contributed by atoms with Crippen LogP contribution < -0.4 is 11.4 Å². The molecule has 0 spiro atoms. The summed E-state index contributed by atoms with van der Waals surface area (Å²) < 4.78 is 4.54. The Morgan fingerprint density at radius 1 is 1.00 bits per heavy atom. The molecule has 5 heteroatoms. The van der Waals surface area contributed by atoms with E-state index in [0.717, 1.165) is 0 Å². The lowest BCUT2D eigenvalue weighted by Gasteiger charge is -2.52. The van der Waals surface area contributed by atoms with Gasteiger partial charge in [-0.15, -0.1) is 0 Å². The fourth-order valence-corrected chi connectivity index (χ4v) is 3.55. The minimum Gasteiger partial charge on any atom is -0.246 e. The average Bonchev–Trinajstić information content (AvgIpc) is 2.45. The molecule has 4 aliphatic rings. The third-order valence-corrected chi connectivity index (χ3v) is 4.53. The number of allylic oxidation sites excluding steroid dienone is 2. The fraction of sp³-hybridized carbons (Fsp3) is 0.636. The van der Waals surface area contributed by atoms with Gasteiger partial charge in [-0.25, -0.2) is 23.5 Å². The van der Waals surface area contributed by atoms with E-state index in [-0.39, 0.29) is 23.5 Å². The largest absolute Gasteiger partial charge is 0.347 e. The van der Waals surface area contributed by atoms with Crippen molar-refractivity contribution in [3.05, 3.63) is 33.1 Å². The van der Waals surface area contributed by atoms with Crippen LogP contribution in [0.15, 0.2) is 21.7 Å². The third-order valence-electron chi connectivity index (χ3n) is 4.53. The maximum Gasteiger partial charge on any atom is 0.347 e. The van der Waals surface area contributed by atoms with Gasteiger partial charge >= 0.3 is 11.4 Å². The molecular formula is C11H13N3O2. The van der Waals surface area contributed by atoms with E-state index in [2.05, 4.69) is 12.2 Å². The lowest BCUT2D eigenvalue weighted by atomic mass is 9.62. The van der Waals surface area contributed by atoms with Gasteiger partial charge in [0.15, 0.2) is 0 Å². The summed E-state index contributed by atoms with van der Waals surface area (Å²) in [5.74, 6) is 1.16. The molecule has 2 aliphatic carbocycles. The van der Waals surface area contributed by atoms with Crippen LogP contribution in [0.3, 0.4) is 0 Å². The van der Waals surface area contributed by atoms with Crippen LogP contribution in [0.1, 0.15) is 24.9 Å². The third kappa shape index (κ3) is 0.700. The van der Waals surface area contributed by atoms with Crippen LogP contribution in [0.5, 0.6) is 0 Å². The summed E-state index contributed by atoms with van der Waals surface area (Å²) in [7, 11) is 1.56. The van der Waals surface area contributed by atoms with Gasteiger partial charge in [-0.05, 0) is 24.7 Å². The highest BCUT2D eigenvalue weighted by atomic mass is 16.2. The molecular weight excluding hydrogens is 206 g/mol. The van der Waals surface area contributed by atoms with Gasteiger partial charge < -0.3 is 0 Å². The molecule has 0 aromatic carbocycles. The molecule has 0 saturated heterocycles. The second-order valence-corrected chi connectivity index (χ2v) is 5.08. The van der Waals surface area contributed by atoms with Crippen molar-refractivity contribution in [2.24, 2.45) is 18.9 Å². The number of hydrogen-bond acceptors (Lipinski definition) is 2. The van der Waals surface area contributed by atoms with Crippen LogP contribution in [-0.2, 0) is 7.05 Å². The van der Waals surface area contributed by atoms with Gasteiger partial charge in [0, 0.05) is 7.05 Å². The van der Waals surface area contributed by atoms with Crippen molar-refractivity contribution in [3.8, 4) is 0 Å². The van der Waals surface area contributed by atoms with Crippen molar-refractivity contribution >= 4 is 0 Å². The molecule has 0 radical (unpaired) electrons. The molecule has 4 atom stereocenters. The van der Waals surface area contributed by atoms with E-state index < -0.39 is 0 Å². The van der Waals surface area contributed by atoms with E-state index >= 15 is 0 Å². The standard InChI is InChI=1S/C11H13N3O2/c1-12-10(15)13-8-4-5-9(14(13)11(12)16)7-3-2-6(7)8/h4-9H,2-3H2,1H3/t6-,7-,8+,9+/m1/s1. The van der Waals surface area contributed by atoms with Crippen LogP contribution >= 0.6 is 0 Å². The van der Waals surface area contributed by atoms with Crippen LogP contribution in [-0.4, -0.2) is 13.9 Å². The first-order valence-corrected chi connectivity index (χ1v) is 5.78. The highest BCUT2D eigenvalue weighted by Crippen LogP contribution is 2.53. The molecule has 3 heterocycles. The molecule has 2 aliphatic heterocycles.